The number of halogens is 4. The van der Waals surface area contributed by atoms with Gasteiger partial charge in [0.15, 0.2) is 5.83 Å². The van der Waals surface area contributed by atoms with Crippen molar-refractivity contribution in [2.24, 2.45) is 4.99 Å². The minimum atomic E-state index is -2.96. The van der Waals surface area contributed by atoms with Gasteiger partial charge in [0.25, 0.3) is 6.43 Å². The van der Waals surface area contributed by atoms with E-state index in [4.69, 9.17) is 16.3 Å². The van der Waals surface area contributed by atoms with Crippen LogP contribution >= 0.6 is 11.6 Å². The number of amidine groups is 1. The lowest BCUT2D eigenvalue weighted by Gasteiger charge is -2.46. The molecule has 37 heavy (non-hydrogen) atoms. The first-order valence-corrected chi connectivity index (χ1v) is 12.1. The average Bonchev–Trinajstić information content (AvgIpc) is 2.79. The predicted octanol–water partition coefficient (Wildman–Crippen LogP) is 4.84. The number of allylic oxidation sites excluding steroid dienone is 2. The summed E-state index contributed by atoms with van der Waals surface area (Å²) in [6, 6.07) is 0.342. The minimum absolute atomic E-state index is 0.122. The minimum Gasteiger partial charge on any atom is -0.444 e. The second-order valence-corrected chi connectivity index (χ2v) is 10.4. The number of hydrogen-bond donors (Lipinski definition) is 1. The van der Waals surface area contributed by atoms with E-state index >= 15 is 0 Å². The summed E-state index contributed by atoms with van der Waals surface area (Å²) in [4.78, 5) is 38.3. The lowest BCUT2D eigenvalue weighted by molar-refractivity contribution is 0.0133. The molecule has 1 saturated heterocycles. The van der Waals surface area contributed by atoms with Gasteiger partial charge < -0.3 is 19.9 Å². The van der Waals surface area contributed by atoms with Crippen molar-refractivity contribution in [1.29, 1.82) is 0 Å². The molecule has 0 radical (unpaired) electrons. The Morgan fingerprint density at radius 3 is 2.62 bits per heavy atom. The van der Waals surface area contributed by atoms with E-state index in [9.17, 15) is 22.8 Å². The summed E-state index contributed by atoms with van der Waals surface area (Å²) in [7, 11) is 0. The van der Waals surface area contributed by atoms with Crippen molar-refractivity contribution in [3.8, 4) is 0 Å². The number of piperazine rings is 1. The number of aliphatic imine (C=N–C) groups is 1. The molecule has 0 spiro atoms. The highest BCUT2D eigenvalue weighted by Gasteiger charge is 2.44. The second-order valence-electron chi connectivity index (χ2n) is 10.0. The van der Waals surface area contributed by atoms with Crippen molar-refractivity contribution in [2.45, 2.75) is 58.9 Å². The number of amides is 3. The number of ether oxygens (including phenoxy) is 1. The summed E-state index contributed by atoms with van der Waals surface area (Å²) in [5.74, 6) is -0.610. The average molecular weight is 541 g/mol. The number of pyridine rings is 1. The normalized spacial score (nSPS) is 22.5. The molecule has 1 aromatic heterocycles. The van der Waals surface area contributed by atoms with Crippen LogP contribution in [0.25, 0.3) is 0 Å². The van der Waals surface area contributed by atoms with Crippen LogP contribution in [0.3, 0.4) is 0 Å². The van der Waals surface area contributed by atoms with Crippen molar-refractivity contribution in [1.82, 2.24) is 20.1 Å². The third-order valence-corrected chi connectivity index (χ3v) is 6.42. The Labute approximate surface area is 217 Å². The van der Waals surface area contributed by atoms with Crippen molar-refractivity contribution in [2.75, 3.05) is 24.5 Å². The Morgan fingerprint density at radius 1 is 1.30 bits per heavy atom. The van der Waals surface area contributed by atoms with Gasteiger partial charge in [-0.15, -0.1) is 0 Å². The molecule has 3 amide bonds. The van der Waals surface area contributed by atoms with Crippen LogP contribution in [-0.4, -0.2) is 70.2 Å². The molecule has 1 aromatic rings. The zero-order chi connectivity index (χ0) is 27.2. The van der Waals surface area contributed by atoms with Crippen molar-refractivity contribution in [3.05, 3.63) is 46.2 Å². The summed E-state index contributed by atoms with van der Waals surface area (Å²) in [5, 5.41) is 2.35. The largest absolute Gasteiger partial charge is 0.444 e. The molecule has 9 nitrogen and oxygen atoms in total. The van der Waals surface area contributed by atoms with Gasteiger partial charge >= 0.3 is 12.1 Å². The van der Waals surface area contributed by atoms with E-state index in [2.05, 4.69) is 15.3 Å². The molecule has 0 aliphatic carbocycles. The van der Waals surface area contributed by atoms with Gasteiger partial charge in [-0.1, -0.05) is 11.6 Å². The molecular weight excluding hydrogens is 513 g/mol. The molecule has 3 aliphatic rings. The number of carbonyl (C=O) groups is 2. The fourth-order valence-electron chi connectivity index (χ4n) is 4.52. The van der Waals surface area contributed by atoms with Crippen molar-refractivity contribution in [3.63, 3.8) is 0 Å². The Balaban J connectivity index is 1.71. The molecule has 2 atom stereocenters. The number of fused-ring (bicyclic) bond motifs is 1. The number of alkyl halides is 2. The molecule has 1 unspecified atom stereocenters. The van der Waals surface area contributed by atoms with Crippen LogP contribution in [0.4, 0.5) is 28.4 Å². The van der Waals surface area contributed by atoms with E-state index in [1.165, 1.54) is 12.3 Å². The molecule has 4 rings (SSSR count). The molecular formula is C24H28ClF3N6O3. The number of aryl methyl sites for hydroxylation is 1. The molecule has 1 N–H and O–H groups in total. The van der Waals surface area contributed by atoms with E-state index in [1.54, 1.807) is 37.5 Å². The summed E-state index contributed by atoms with van der Waals surface area (Å²) < 4.78 is 47.8. The number of dihydropyridines is 1. The molecule has 200 valence electrons. The third kappa shape index (κ3) is 5.25. The Kier molecular flexibility index (Phi) is 7.15. The number of aromatic nitrogens is 1. The number of urea groups is 1. The van der Waals surface area contributed by atoms with Gasteiger partial charge in [-0.25, -0.2) is 22.8 Å². The van der Waals surface area contributed by atoms with E-state index in [0.717, 1.165) is 11.0 Å². The first-order valence-electron chi connectivity index (χ1n) is 11.7. The van der Waals surface area contributed by atoms with Gasteiger partial charge in [-0.3, -0.25) is 9.88 Å². The Hall–Kier alpha value is -3.28. The zero-order valence-corrected chi connectivity index (χ0v) is 21.8. The van der Waals surface area contributed by atoms with Crippen LogP contribution in [0.15, 0.2) is 39.9 Å². The molecule has 4 heterocycles. The standard InChI is InChI=1S/C24H28ClF3N6O3/c1-12-6-7-29-16(19(27)28)17(12)34-21-14(10-15(26)18(25)30-21)20(31-22(34)35)33-9-8-32(11-13(33)2)23(36)37-24(3,4)5/h6-7,10,13,19,21,30H,8-9,11H2,1-5H3/t13-,21?/m0/s1. The van der Waals surface area contributed by atoms with E-state index in [-0.39, 0.29) is 47.9 Å². The highest BCUT2D eigenvalue weighted by molar-refractivity contribution is 6.30. The highest BCUT2D eigenvalue weighted by Crippen LogP contribution is 2.38. The van der Waals surface area contributed by atoms with Crippen molar-refractivity contribution < 1.29 is 27.5 Å². The summed E-state index contributed by atoms with van der Waals surface area (Å²) >= 11 is 6.03. The first kappa shape index (κ1) is 26.8. The maximum atomic E-state index is 14.7. The SMILES string of the molecule is Cc1ccnc(C(F)F)c1N1C(=O)N=C(N2CCN(C(=O)OC(C)(C)C)C[C@@H]2C)C2=CC(F)=C(Cl)NC21. The first-order chi connectivity index (χ1) is 17.3. The van der Waals surface area contributed by atoms with E-state index in [1.807, 2.05) is 6.92 Å². The maximum absolute atomic E-state index is 14.7. The molecule has 3 aliphatic heterocycles. The zero-order valence-electron chi connectivity index (χ0n) is 21.1. The second kappa shape index (κ2) is 9.88. The lowest BCUT2D eigenvalue weighted by atomic mass is 10.0. The number of anilines is 1. The fraction of sp³-hybridized carbons (Fsp3) is 0.500. The van der Waals surface area contributed by atoms with Gasteiger partial charge in [0.1, 0.15) is 28.5 Å². The lowest BCUT2D eigenvalue weighted by Crippen LogP contribution is -2.61. The maximum Gasteiger partial charge on any atom is 0.410 e. The summed E-state index contributed by atoms with van der Waals surface area (Å²) in [6.45, 7) is 9.56. The van der Waals surface area contributed by atoms with Gasteiger partial charge in [0, 0.05) is 37.4 Å². The van der Waals surface area contributed by atoms with Crippen LogP contribution in [0, 0.1) is 6.92 Å². The van der Waals surface area contributed by atoms with Crippen LogP contribution in [0.1, 0.15) is 45.4 Å². The van der Waals surface area contributed by atoms with Gasteiger partial charge in [0.05, 0.1) is 5.69 Å². The number of hydrogen-bond acceptors (Lipinski definition) is 6. The monoisotopic (exact) mass is 540 g/mol. The fourth-order valence-corrected chi connectivity index (χ4v) is 4.68. The van der Waals surface area contributed by atoms with Gasteiger partial charge in [0.2, 0.25) is 0 Å². The predicted molar refractivity (Wildman–Crippen MR) is 132 cm³/mol. The van der Waals surface area contributed by atoms with E-state index < -0.39 is 41.8 Å². The van der Waals surface area contributed by atoms with Crippen molar-refractivity contribution >= 4 is 35.2 Å². The quantitative estimate of drug-likeness (QED) is 0.540. The van der Waals surface area contributed by atoms with E-state index in [0.29, 0.717) is 5.56 Å². The van der Waals surface area contributed by atoms with Crippen LogP contribution in [0.5, 0.6) is 0 Å². The topological polar surface area (TPSA) is 90.4 Å². The van der Waals surface area contributed by atoms with Crippen LogP contribution < -0.4 is 10.2 Å². The summed E-state index contributed by atoms with van der Waals surface area (Å²) in [5.41, 5.74) is -0.773. The number of nitrogens with zero attached hydrogens (tertiary/aromatic N) is 5. The molecule has 13 heteroatoms. The molecule has 0 aromatic carbocycles. The molecule has 0 bridgehead atoms. The Morgan fingerprint density at radius 2 is 2.00 bits per heavy atom. The number of nitrogens with one attached hydrogen (secondary N) is 1. The number of carbonyl (C=O) groups excluding carboxylic acids is 2. The van der Waals surface area contributed by atoms with Crippen LogP contribution in [-0.2, 0) is 4.74 Å². The number of rotatable bonds is 2. The van der Waals surface area contributed by atoms with Crippen LogP contribution in [0.2, 0.25) is 0 Å². The van der Waals surface area contributed by atoms with Gasteiger partial charge in [-0.05, 0) is 52.3 Å². The molecule has 1 fully saturated rings. The Bertz CT molecular complexity index is 1210. The third-order valence-electron chi connectivity index (χ3n) is 6.13. The summed E-state index contributed by atoms with van der Waals surface area (Å²) in [6.07, 6.45) is -2.16. The van der Waals surface area contributed by atoms with Gasteiger partial charge in [-0.2, -0.15) is 4.99 Å². The molecule has 0 saturated carbocycles. The smallest absolute Gasteiger partial charge is 0.410 e. The highest BCUT2D eigenvalue weighted by atomic mass is 35.5.